The van der Waals surface area contributed by atoms with E-state index in [2.05, 4.69) is 24.9 Å². The Morgan fingerprint density at radius 2 is 2.00 bits per heavy atom. The molecule has 0 amide bonds. The molecule has 0 fully saturated rings. The summed E-state index contributed by atoms with van der Waals surface area (Å²) in [5.74, 6) is 0.563. The van der Waals surface area contributed by atoms with Crippen LogP contribution in [0.5, 0.6) is 0 Å². The zero-order chi connectivity index (χ0) is 13.4. The Bertz CT molecular complexity index is 667. The van der Waals surface area contributed by atoms with Crippen LogP contribution in [-0.4, -0.2) is 4.98 Å². The first-order chi connectivity index (χ1) is 9.15. The minimum absolute atomic E-state index is 0.165. The molecule has 0 saturated heterocycles. The zero-order valence-corrected chi connectivity index (χ0v) is 11.8. The van der Waals surface area contributed by atoms with Gasteiger partial charge in [-0.3, -0.25) is 4.79 Å². The predicted molar refractivity (Wildman–Crippen MR) is 79.8 cm³/mol. The van der Waals surface area contributed by atoms with Gasteiger partial charge in [0.2, 0.25) is 0 Å². The SMILES string of the molecule is CC(C)Cc1cc(=O)c2ccc3c(c2[nH]1)CCCC3. The summed E-state index contributed by atoms with van der Waals surface area (Å²) in [6, 6.07) is 5.92. The predicted octanol–water partition coefficient (Wildman–Crippen LogP) is 3.61. The second-order valence-corrected chi connectivity index (χ2v) is 6.09. The zero-order valence-electron chi connectivity index (χ0n) is 11.8. The van der Waals surface area contributed by atoms with E-state index in [9.17, 15) is 4.79 Å². The van der Waals surface area contributed by atoms with Crippen molar-refractivity contribution >= 4 is 10.9 Å². The van der Waals surface area contributed by atoms with Gasteiger partial charge in [0, 0.05) is 17.1 Å². The fourth-order valence-corrected chi connectivity index (χ4v) is 3.16. The average Bonchev–Trinajstić information content (AvgIpc) is 2.38. The fourth-order valence-electron chi connectivity index (χ4n) is 3.16. The summed E-state index contributed by atoms with van der Waals surface area (Å²) in [5, 5.41) is 0.855. The number of aromatic amines is 1. The topological polar surface area (TPSA) is 32.9 Å². The lowest BCUT2D eigenvalue weighted by Crippen LogP contribution is -2.11. The number of aryl methyl sites for hydroxylation is 2. The Balaban J connectivity index is 2.22. The lowest BCUT2D eigenvalue weighted by molar-refractivity contribution is 0.636. The van der Waals surface area contributed by atoms with Gasteiger partial charge in [-0.15, -0.1) is 0 Å². The summed E-state index contributed by atoms with van der Waals surface area (Å²) >= 11 is 0. The van der Waals surface area contributed by atoms with Gasteiger partial charge in [-0.05, 0) is 55.2 Å². The van der Waals surface area contributed by atoms with E-state index >= 15 is 0 Å². The minimum Gasteiger partial charge on any atom is -0.358 e. The van der Waals surface area contributed by atoms with E-state index in [0.717, 1.165) is 35.9 Å². The number of nitrogens with one attached hydrogen (secondary N) is 1. The standard InChI is InChI=1S/C17H21NO/c1-11(2)9-13-10-16(19)15-8-7-12-5-3-4-6-14(12)17(15)18-13/h7-8,10-11H,3-6,9H2,1-2H3,(H,18,19). The molecule has 0 bridgehead atoms. The van der Waals surface area contributed by atoms with Crippen LogP contribution in [0, 0.1) is 5.92 Å². The number of pyridine rings is 1. The van der Waals surface area contributed by atoms with Crippen molar-refractivity contribution in [3.05, 3.63) is 45.2 Å². The van der Waals surface area contributed by atoms with Gasteiger partial charge >= 0.3 is 0 Å². The summed E-state index contributed by atoms with van der Waals surface area (Å²) < 4.78 is 0. The number of H-pyrrole nitrogens is 1. The highest BCUT2D eigenvalue weighted by Crippen LogP contribution is 2.26. The van der Waals surface area contributed by atoms with Crippen molar-refractivity contribution in [2.45, 2.75) is 46.0 Å². The molecule has 0 radical (unpaired) electrons. The van der Waals surface area contributed by atoms with Crippen LogP contribution in [0.1, 0.15) is 43.5 Å². The number of hydrogen-bond donors (Lipinski definition) is 1. The van der Waals surface area contributed by atoms with Crippen LogP contribution in [0.2, 0.25) is 0 Å². The Morgan fingerprint density at radius 1 is 1.21 bits per heavy atom. The molecule has 1 aromatic heterocycles. The van der Waals surface area contributed by atoms with Crippen LogP contribution >= 0.6 is 0 Å². The Kier molecular flexibility index (Phi) is 3.17. The van der Waals surface area contributed by atoms with Gasteiger partial charge in [-0.2, -0.15) is 0 Å². The molecule has 3 rings (SSSR count). The van der Waals surface area contributed by atoms with Crippen molar-refractivity contribution in [1.82, 2.24) is 4.98 Å². The molecule has 0 atom stereocenters. The summed E-state index contributed by atoms with van der Waals surface area (Å²) in [6.07, 6.45) is 5.71. The van der Waals surface area contributed by atoms with Crippen molar-refractivity contribution in [3.63, 3.8) is 0 Å². The molecule has 1 N–H and O–H groups in total. The molecule has 1 aromatic carbocycles. The summed E-state index contributed by atoms with van der Waals surface area (Å²) in [7, 11) is 0. The molecule has 1 aliphatic rings. The molecule has 2 heteroatoms. The highest BCUT2D eigenvalue weighted by molar-refractivity contribution is 5.83. The van der Waals surface area contributed by atoms with Gasteiger partial charge in [-0.1, -0.05) is 19.9 Å². The van der Waals surface area contributed by atoms with Gasteiger partial charge < -0.3 is 4.98 Å². The van der Waals surface area contributed by atoms with Crippen molar-refractivity contribution in [2.75, 3.05) is 0 Å². The first-order valence-corrected chi connectivity index (χ1v) is 7.32. The van der Waals surface area contributed by atoms with Crippen LogP contribution in [0.15, 0.2) is 23.0 Å². The van der Waals surface area contributed by atoms with Gasteiger partial charge in [0.15, 0.2) is 5.43 Å². The van der Waals surface area contributed by atoms with Crippen LogP contribution in [0.3, 0.4) is 0 Å². The average molecular weight is 255 g/mol. The maximum absolute atomic E-state index is 12.2. The lowest BCUT2D eigenvalue weighted by Gasteiger charge is -2.18. The Hall–Kier alpha value is -1.57. The van der Waals surface area contributed by atoms with Gasteiger partial charge in [0.05, 0.1) is 5.52 Å². The molecule has 0 aliphatic heterocycles. The van der Waals surface area contributed by atoms with Crippen molar-refractivity contribution in [3.8, 4) is 0 Å². The number of benzene rings is 1. The third-order valence-corrected chi connectivity index (χ3v) is 4.02. The van der Waals surface area contributed by atoms with E-state index in [1.165, 1.54) is 24.0 Å². The highest BCUT2D eigenvalue weighted by Gasteiger charge is 2.14. The summed E-state index contributed by atoms with van der Waals surface area (Å²) in [4.78, 5) is 15.8. The molecule has 2 aromatic rings. The first kappa shape index (κ1) is 12.5. The van der Waals surface area contributed by atoms with E-state index in [0.29, 0.717) is 5.92 Å². The molecule has 19 heavy (non-hydrogen) atoms. The monoisotopic (exact) mass is 255 g/mol. The van der Waals surface area contributed by atoms with E-state index in [4.69, 9.17) is 0 Å². The molecular weight excluding hydrogens is 234 g/mol. The molecule has 0 saturated carbocycles. The molecule has 0 spiro atoms. The van der Waals surface area contributed by atoms with E-state index in [1.54, 1.807) is 6.07 Å². The summed E-state index contributed by atoms with van der Waals surface area (Å²) in [5.41, 5.74) is 5.15. The van der Waals surface area contributed by atoms with Crippen LogP contribution in [0.25, 0.3) is 10.9 Å². The van der Waals surface area contributed by atoms with Crippen molar-refractivity contribution in [1.29, 1.82) is 0 Å². The minimum atomic E-state index is 0.165. The highest BCUT2D eigenvalue weighted by atomic mass is 16.1. The van der Waals surface area contributed by atoms with Crippen LogP contribution in [0.4, 0.5) is 0 Å². The molecular formula is C17H21NO. The normalized spacial score (nSPS) is 14.9. The van der Waals surface area contributed by atoms with E-state index in [-0.39, 0.29) is 5.43 Å². The van der Waals surface area contributed by atoms with Gasteiger partial charge in [0.1, 0.15) is 0 Å². The maximum Gasteiger partial charge on any atom is 0.189 e. The molecule has 1 heterocycles. The lowest BCUT2D eigenvalue weighted by atomic mass is 9.89. The first-order valence-electron chi connectivity index (χ1n) is 7.32. The number of hydrogen-bond acceptors (Lipinski definition) is 1. The van der Waals surface area contributed by atoms with Gasteiger partial charge in [0.25, 0.3) is 0 Å². The third-order valence-electron chi connectivity index (χ3n) is 4.02. The Labute approximate surface area is 113 Å². The van der Waals surface area contributed by atoms with Crippen LogP contribution in [-0.2, 0) is 19.3 Å². The summed E-state index contributed by atoms with van der Waals surface area (Å²) in [6.45, 7) is 4.37. The van der Waals surface area contributed by atoms with Crippen molar-refractivity contribution in [2.24, 2.45) is 5.92 Å². The molecule has 2 nitrogen and oxygen atoms in total. The van der Waals surface area contributed by atoms with Crippen molar-refractivity contribution < 1.29 is 0 Å². The number of aromatic nitrogens is 1. The Morgan fingerprint density at radius 3 is 2.79 bits per heavy atom. The molecule has 0 unspecified atom stereocenters. The molecule has 100 valence electrons. The smallest absolute Gasteiger partial charge is 0.189 e. The number of fused-ring (bicyclic) bond motifs is 3. The molecule has 1 aliphatic carbocycles. The third kappa shape index (κ3) is 2.32. The number of rotatable bonds is 2. The second-order valence-electron chi connectivity index (χ2n) is 6.09. The van der Waals surface area contributed by atoms with E-state index < -0.39 is 0 Å². The largest absolute Gasteiger partial charge is 0.358 e. The fraction of sp³-hybridized carbons (Fsp3) is 0.471. The van der Waals surface area contributed by atoms with E-state index in [1.807, 2.05) is 6.07 Å². The van der Waals surface area contributed by atoms with Crippen LogP contribution < -0.4 is 5.43 Å². The quantitative estimate of drug-likeness (QED) is 0.873. The van der Waals surface area contributed by atoms with Gasteiger partial charge in [-0.25, -0.2) is 0 Å². The maximum atomic E-state index is 12.2. The second kappa shape index (κ2) is 4.84.